The van der Waals surface area contributed by atoms with Gasteiger partial charge in [0.1, 0.15) is 0 Å². The maximum atomic E-state index is 2.39. The first-order valence-electron chi connectivity index (χ1n) is 6.20. The van der Waals surface area contributed by atoms with Gasteiger partial charge in [0, 0.05) is 0 Å². The van der Waals surface area contributed by atoms with Gasteiger partial charge in [-0.25, -0.2) is 0 Å². The molecule has 0 aliphatic carbocycles. The SMILES string of the molecule is CCC(C)(Sc1ccccc1)[Se]c1ccccc1. The molecule has 0 N–H and O–H groups in total. The van der Waals surface area contributed by atoms with Crippen molar-refractivity contribution in [3.05, 3.63) is 60.7 Å². The van der Waals surface area contributed by atoms with E-state index in [4.69, 9.17) is 0 Å². The van der Waals surface area contributed by atoms with Crippen molar-refractivity contribution < 1.29 is 0 Å². The van der Waals surface area contributed by atoms with Crippen molar-refractivity contribution >= 4 is 31.2 Å². The number of hydrogen-bond acceptors (Lipinski definition) is 1. The molecule has 0 radical (unpaired) electrons. The normalized spacial score (nSPS) is 14.1. The van der Waals surface area contributed by atoms with Gasteiger partial charge in [-0.05, 0) is 0 Å². The third-order valence-electron chi connectivity index (χ3n) is 2.80. The van der Waals surface area contributed by atoms with Crippen molar-refractivity contribution in [1.29, 1.82) is 0 Å². The molecule has 2 rings (SSSR count). The monoisotopic (exact) mass is 322 g/mol. The van der Waals surface area contributed by atoms with E-state index in [1.165, 1.54) is 15.8 Å². The molecular formula is C16H18SSe. The summed E-state index contributed by atoms with van der Waals surface area (Å²) < 4.78 is 1.81. The van der Waals surface area contributed by atoms with E-state index in [0.29, 0.717) is 18.6 Å². The van der Waals surface area contributed by atoms with Gasteiger partial charge >= 0.3 is 121 Å². The van der Waals surface area contributed by atoms with Crippen LogP contribution in [0, 0.1) is 0 Å². The van der Waals surface area contributed by atoms with Gasteiger partial charge in [-0.3, -0.25) is 0 Å². The van der Waals surface area contributed by atoms with E-state index in [0.717, 1.165) is 0 Å². The number of thioether (sulfide) groups is 1. The molecule has 0 aliphatic heterocycles. The summed E-state index contributed by atoms with van der Waals surface area (Å²) in [5, 5.41) is 0. The first kappa shape index (κ1) is 13.7. The molecule has 94 valence electrons. The number of benzene rings is 2. The van der Waals surface area contributed by atoms with Crippen molar-refractivity contribution in [2.45, 2.75) is 28.8 Å². The molecule has 0 heterocycles. The Morgan fingerprint density at radius 3 is 2.06 bits per heavy atom. The molecule has 18 heavy (non-hydrogen) atoms. The Labute approximate surface area is 120 Å². The van der Waals surface area contributed by atoms with Crippen molar-refractivity contribution in [1.82, 2.24) is 0 Å². The van der Waals surface area contributed by atoms with Gasteiger partial charge in [0.25, 0.3) is 0 Å². The van der Waals surface area contributed by atoms with E-state index in [2.05, 4.69) is 74.5 Å². The standard InChI is InChI=1S/C16H18SSe/c1-3-16(2,17-14-10-6-4-7-11-14)18-15-12-8-5-9-13-15/h4-13H,3H2,1-2H3. The van der Waals surface area contributed by atoms with Crippen LogP contribution in [-0.2, 0) is 0 Å². The van der Waals surface area contributed by atoms with Gasteiger partial charge in [0.2, 0.25) is 0 Å². The first-order valence-corrected chi connectivity index (χ1v) is 8.73. The quantitative estimate of drug-likeness (QED) is 0.594. The second kappa shape index (κ2) is 6.47. The van der Waals surface area contributed by atoms with Crippen LogP contribution in [0.4, 0.5) is 0 Å². The summed E-state index contributed by atoms with van der Waals surface area (Å²) in [5.41, 5.74) is 0. The fourth-order valence-corrected chi connectivity index (χ4v) is 5.95. The molecule has 0 aromatic heterocycles. The summed E-state index contributed by atoms with van der Waals surface area (Å²) >= 11 is 2.50. The first-order chi connectivity index (χ1) is 8.72. The van der Waals surface area contributed by atoms with E-state index < -0.39 is 0 Å². The topological polar surface area (TPSA) is 0 Å². The van der Waals surface area contributed by atoms with Crippen LogP contribution >= 0.6 is 11.8 Å². The van der Waals surface area contributed by atoms with Crippen LogP contribution in [0.5, 0.6) is 0 Å². The van der Waals surface area contributed by atoms with E-state index in [9.17, 15) is 0 Å². The van der Waals surface area contributed by atoms with Crippen LogP contribution in [-0.4, -0.2) is 18.6 Å². The summed E-state index contributed by atoms with van der Waals surface area (Å²) in [6, 6.07) is 21.6. The number of rotatable bonds is 5. The van der Waals surface area contributed by atoms with Crippen molar-refractivity contribution in [3.63, 3.8) is 0 Å². The van der Waals surface area contributed by atoms with Crippen LogP contribution in [0.1, 0.15) is 20.3 Å². The Hall–Kier alpha value is -0.691. The summed E-state index contributed by atoms with van der Waals surface area (Å²) in [4.78, 5) is 1.37. The molecule has 0 aliphatic rings. The Morgan fingerprint density at radius 1 is 0.944 bits per heavy atom. The molecule has 1 unspecified atom stereocenters. The van der Waals surface area contributed by atoms with E-state index in [1.807, 2.05) is 11.8 Å². The van der Waals surface area contributed by atoms with Crippen LogP contribution in [0.25, 0.3) is 0 Å². The zero-order valence-electron chi connectivity index (χ0n) is 10.8. The Bertz CT molecular complexity index is 425. The fourth-order valence-electron chi connectivity index (χ4n) is 1.64. The zero-order chi connectivity index (χ0) is 12.8. The summed E-state index contributed by atoms with van der Waals surface area (Å²) in [7, 11) is 0. The molecular weight excluding hydrogens is 303 g/mol. The molecule has 2 heteroatoms. The zero-order valence-corrected chi connectivity index (χ0v) is 13.3. The molecule has 0 nitrogen and oxygen atoms in total. The van der Waals surface area contributed by atoms with E-state index in [1.54, 1.807) is 0 Å². The predicted octanol–water partition coefficient (Wildman–Crippen LogP) is 3.93. The molecule has 0 saturated carbocycles. The van der Waals surface area contributed by atoms with Gasteiger partial charge in [0.05, 0.1) is 0 Å². The van der Waals surface area contributed by atoms with Crippen LogP contribution in [0.2, 0.25) is 0 Å². The Morgan fingerprint density at radius 2 is 1.50 bits per heavy atom. The molecule has 2 aromatic rings. The summed E-state index contributed by atoms with van der Waals surface area (Å²) in [6.07, 6.45) is 1.20. The minimum absolute atomic E-state index is 0.329. The van der Waals surface area contributed by atoms with Crippen molar-refractivity contribution in [2.24, 2.45) is 0 Å². The second-order valence-electron chi connectivity index (χ2n) is 4.32. The maximum absolute atomic E-state index is 2.39. The third-order valence-corrected chi connectivity index (χ3v) is 7.56. The molecule has 0 bridgehead atoms. The Kier molecular flexibility index (Phi) is 4.94. The van der Waals surface area contributed by atoms with Crippen LogP contribution in [0.3, 0.4) is 0 Å². The van der Waals surface area contributed by atoms with Crippen LogP contribution in [0.15, 0.2) is 65.6 Å². The second-order valence-corrected chi connectivity index (χ2v) is 9.79. The Balaban J connectivity index is 2.11. The molecule has 0 saturated heterocycles. The third kappa shape index (κ3) is 3.91. The average Bonchev–Trinajstić information content (AvgIpc) is 2.41. The van der Waals surface area contributed by atoms with Gasteiger partial charge in [0.15, 0.2) is 0 Å². The van der Waals surface area contributed by atoms with Crippen molar-refractivity contribution in [2.75, 3.05) is 0 Å². The summed E-state index contributed by atoms with van der Waals surface area (Å²) in [6.45, 7) is 4.68. The van der Waals surface area contributed by atoms with Gasteiger partial charge < -0.3 is 0 Å². The molecule has 0 spiro atoms. The van der Waals surface area contributed by atoms with Gasteiger partial charge in [-0.15, -0.1) is 0 Å². The number of hydrogen-bond donors (Lipinski definition) is 0. The van der Waals surface area contributed by atoms with Crippen molar-refractivity contribution in [3.8, 4) is 0 Å². The van der Waals surface area contributed by atoms with Crippen LogP contribution < -0.4 is 4.46 Å². The predicted molar refractivity (Wildman–Crippen MR) is 82.8 cm³/mol. The summed E-state index contributed by atoms with van der Waals surface area (Å²) in [5.74, 6) is 0. The molecule has 1 atom stereocenters. The molecule has 2 aromatic carbocycles. The van der Waals surface area contributed by atoms with Gasteiger partial charge in [-0.1, -0.05) is 0 Å². The van der Waals surface area contributed by atoms with E-state index in [-0.39, 0.29) is 0 Å². The average molecular weight is 321 g/mol. The fraction of sp³-hybridized carbons (Fsp3) is 0.250. The van der Waals surface area contributed by atoms with Gasteiger partial charge in [-0.2, -0.15) is 0 Å². The van der Waals surface area contributed by atoms with E-state index >= 15 is 0 Å². The minimum atomic E-state index is 0.329. The molecule has 0 fully saturated rings. The molecule has 0 amide bonds.